The smallest absolute Gasteiger partial charge is 0.153 e. The average molecular weight is 301 g/mol. The molecule has 1 aromatic heterocycles. The Morgan fingerprint density at radius 1 is 1.10 bits per heavy atom. The van der Waals surface area contributed by atoms with Crippen LogP contribution in [-0.4, -0.2) is 9.97 Å². The molecular weight excluding hydrogens is 284 g/mol. The molecule has 1 heterocycles. The summed E-state index contributed by atoms with van der Waals surface area (Å²) in [5.74, 6) is 1.60. The molecule has 1 N–H and O–H groups in total. The van der Waals surface area contributed by atoms with E-state index < -0.39 is 0 Å². The Labute approximate surface area is 128 Å². The van der Waals surface area contributed by atoms with Gasteiger partial charge in [-0.1, -0.05) is 11.6 Å². The number of nitrogens with zero attached hydrogens (tertiary/aromatic N) is 1. The second-order valence-electron chi connectivity index (χ2n) is 5.29. The van der Waals surface area contributed by atoms with Crippen LogP contribution in [0.5, 0.6) is 5.75 Å². The highest BCUT2D eigenvalue weighted by molar-refractivity contribution is 6.30. The normalized spacial score (nSPS) is 12.6. The summed E-state index contributed by atoms with van der Waals surface area (Å²) in [5.41, 5.74) is 4.51. The number of aryl methyl sites for hydroxylation is 2. The van der Waals surface area contributed by atoms with Gasteiger partial charge in [-0.15, -0.1) is 0 Å². The molecule has 108 valence electrons. The standard InChI is InChI=1S/C17H17ClN2O/c1-10-8-15-16(9-11(10)2)20-17(19-15)12(3)21-14-6-4-13(18)5-7-14/h4-9,12H,1-3H3,(H,19,20). The van der Waals surface area contributed by atoms with E-state index in [1.807, 2.05) is 31.2 Å². The first-order valence-electron chi connectivity index (χ1n) is 6.92. The van der Waals surface area contributed by atoms with Crippen LogP contribution >= 0.6 is 11.6 Å². The van der Waals surface area contributed by atoms with Crippen LogP contribution in [0.2, 0.25) is 5.02 Å². The Balaban J connectivity index is 1.87. The van der Waals surface area contributed by atoms with Crippen molar-refractivity contribution >= 4 is 22.6 Å². The van der Waals surface area contributed by atoms with Crippen LogP contribution in [0.4, 0.5) is 0 Å². The zero-order valence-corrected chi connectivity index (χ0v) is 13.0. The number of nitrogens with one attached hydrogen (secondary N) is 1. The van der Waals surface area contributed by atoms with Crippen molar-refractivity contribution in [1.29, 1.82) is 0 Å². The van der Waals surface area contributed by atoms with Crippen LogP contribution in [-0.2, 0) is 0 Å². The van der Waals surface area contributed by atoms with Crippen LogP contribution in [0.25, 0.3) is 11.0 Å². The number of H-pyrrole nitrogens is 1. The third-order valence-electron chi connectivity index (χ3n) is 3.63. The van der Waals surface area contributed by atoms with E-state index in [0.29, 0.717) is 5.02 Å². The van der Waals surface area contributed by atoms with Gasteiger partial charge >= 0.3 is 0 Å². The molecule has 0 spiro atoms. The number of rotatable bonds is 3. The van der Waals surface area contributed by atoms with Crippen LogP contribution in [0.15, 0.2) is 36.4 Å². The Bertz CT molecular complexity index is 738. The summed E-state index contributed by atoms with van der Waals surface area (Å²) in [4.78, 5) is 7.95. The molecule has 0 amide bonds. The van der Waals surface area contributed by atoms with Gasteiger partial charge < -0.3 is 9.72 Å². The highest BCUT2D eigenvalue weighted by Gasteiger charge is 2.13. The molecule has 0 aliphatic carbocycles. The molecule has 2 aromatic carbocycles. The summed E-state index contributed by atoms with van der Waals surface area (Å²) >= 11 is 5.87. The Kier molecular flexibility index (Phi) is 3.60. The highest BCUT2D eigenvalue weighted by atomic mass is 35.5. The lowest BCUT2D eigenvalue weighted by Gasteiger charge is -2.12. The van der Waals surface area contributed by atoms with E-state index in [1.54, 1.807) is 0 Å². The fourth-order valence-corrected chi connectivity index (χ4v) is 2.38. The van der Waals surface area contributed by atoms with Crippen molar-refractivity contribution in [3.05, 3.63) is 58.4 Å². The lowest BCUT2D eigenvalue weighted by Crippen LogP contribution is -2.04. The third-order valence-corrected chi connectivity index (χ3v) is 3.88. The number of ether oxygens (including phenoxy) is 1. The molecule has 0 aliphatic rings. The molecule has 4 heteroatoms. The molecule has 1 atom stereocenters. The lowest BCUT2D eigenvalue weighted by molar-refractivity contribution is 0.218. The Hall–Kier alpha value is -2.00. The number of halogens is 1. The minimum Gasteiger partial charge on any atom is -0.483 e. The Morgan fingerprint density at radius 3 is 2.48 bits per heavy atom. The maximum atomic E-state index is 5.89. The predicted octanol–water partition coefficient (Wildman–Crippen LogP) is 4.97. The number of fused-ring (bicyclic) bond motifs is 1. The summed E-state index contributed by atoms with van der Waals surface area (Å²) < 4.78 is 5.89. The fraction of sp³-hybridized carbons (Fsp3) is 0.235. The summed E-state index contributed by atoms with van der Waals surface area (Å²) in [6.07, 6.45) is -0.154. The molecule has 3 nitrogen and oxygen atoms in total. The van der Waals surface area contributed by atoms with E-state index in [-0.39, 0.29) is 6.10 Å². The van der Waals surface area contributed by atoms with Crippen molar-refractivity contribution in [1.82, 2.24) is 9.97 Å². The first-order chi connectivity index (χ1) is 10.0. The molecule has 3 aromatic rings. The topological polar surface area (TPSA) is 37.9 Å². The molecule has 0 fully saturated rings. The van der Waals surface area contributed by atoms with Gasteiger partial charge in [-0.25, -0.2) is 4.98 Å². The minimum atomic E-state index is -0.154. The number of aromatic amines is 1. The number of benzene rings is 2. The quantitative estimate of drug-likeness (QED) is 0.741. The Morgan fingerprint density at radius 2 is 1.76 bits per heavy atom. The third kappa shape index (κ3) is 2.88. The van der Waals surface area contributed by atoms with Crippen LogP contribution in [0.3, 0.4) is 0 Å². The first kappa shape index (κ1) is 14.0. The van der Waals surface area contributed by atoms with E-state index in [1.165, 1.54) is 11.1 Å². The van der Waals surface area contributed by atoms with Crippen molar-refractivity contribution in [2.75, 3.05) is 0 Å². The van der Waals surface area contributed by atoms with Crippen molar-refractivity contribution in [3.63, 3.8) is 0 Å². The van der Waals surface area contributed by atoms with Crippen LogP contribution in [0, 0.1) is 13.8 Å². The van der Waals surface area contributed by atoms with E-state index >= 15 is 0 Å². The van der Waals surface area contributed by atoms with Crippen molar-refractivity contribution in [3.8, 4) is 5.75 Å². The average Bonchev–Trinajstić information content (AvgIpc) is 2.85. The summed E-state index contributed by atoms with van der Waals surface area (Å²) in [7, 11) is 0. The molecule has 1 unspecified atom stereocenters. The minimum absolute atomic E-state index is 0.154. The first-order valence-corrected chi connectivity index (χ1v) is 7.30. The second kappa shape index (κ2) is 5.41. The van der Waals surface area contributed by atoms with Gasteiger partial charge in [-0.2, -0.15) is 0 Å². The van der Waals surface area contributed by atoms with Crippen molar-refractivity contribution in [2.24, 2.45) is 0 Å². The molecule has 0 radical (unpaired) electrons. The molecule has 0 aliphatic heterocycles. The van der Waals surface area contributed by atoms with Gasteiger partial charge in [0.05, 0.1) is 11.0 Å². The molecule has 0 saturated carbocycles. The van der Waals surface area contributed by atoms with E-state index in [9.17, 15) is 0 Å². The van der Waals surface area contributed by atoms with E-state index in [0.717, 1.165) is 22.6 Å². The van der Waals surface area contributed by atoms with E-state index in [2.05, 4.69) is 35.9 Å². The fourth-order valence-electron chi connectivity index (χ4n) is 2.25. The monoisotopic (exact) mass is 300 g/mol. The number of hydrogen-bond donors (Lipinski definition) is 1. The largest absolute Gasteiger partial charge is 0.483 e. The number of hydrogen-bond acceptors (Lipinski definition) is 2. The van der Waals surface area contributed by atoms with Crippen LogP contribution < -0.4 is 4.74 Å². The zero-order chi connectivity index (χ0) is 15.0. The van der Waals surface area contributed by atoms with Gasteiger partial charge in [0.1, 0.15) is 11.6 Å². The van der Waals surface area contributed by atoms with Gasteiger partial charge in [0.2, 0.25) is 0 Å². The summed E-state index contributed by atoms with van der Waals surface area (Å²) in [5, 5.41) is 0.699. The van der Waals surface area contributed by atoms with Crippen molar-refractivity contribution in [2.45, 2.75) is 26.9 Å². The number of aromatic nitrogens is 2. The van der Waals surface area contributed by atoms with Crippen molar-refractivity contribution < 1.29 is 4.74 Å². The van der Waals surface area contributed by atoms with Gasteiger partial charge in [0, 0.05) is 5.02 Å². The van der Waals surface area contributed by atoms with Gasteiger partial charge in [-0.3, -0.25) is 0 Å². The van der Waals surface area contributed by atoms with Gasteiger partial charge in [0.15, 0.2) is 6.10 Å². The van der Waals surface area contributed by atoms with Gasteiger partial charge in [0.25, 0.3) is 0 Å². The zero-order valence-electron chi connectivity index (χ0n) is 12.3. The molecule has 21 heavy (non-hydrogen) atoms. The summed E-state index contributed by atoms with van der Waals surface area (Å²) in [6, 6.07) is 11.6. The van der Waals surface area contributed by atoms with E-state index in [4.69, 9.17) is 16.3 Å². The molecule has 0 bridgehead atoms. The molecular formula is C17H17ClN2O. The second-order valence-corrected chi connectivity index (χ2v) is 5.73. The molecule has 3 rings (SSSR count). The lowest BCUT2D eigenvalue weighted by atomic mass is 10.1. The highest BCUT2D eigenvalue weighted by Crippen LogP contribution is 2.24. The SMILES string of the molecule is Cc1cc2nc(C(C)Oc3ccc(Cl)cc3)[nH]c2cc1C. The predicted molar refractivity (Wildman–Crippen MR) is 86.1 cm³/mol. The summed E-state index contributed by atoms with van der Waals surface area (Å²) in [6.45, 7) is 6.17. The van der Waals surface area contributed by atoms with Gasteiger partial charge in [-0.05, 0) is 68.3 Å². The maximum absolute atomic E-state index is 5.89. The number of imidazole rings is 1. The maximum Gasteiger partial charge on any atom is 0.153 e. The molecule has 0 saturated heterocycles. The van der Waals surface area contributed by atoms with Crippen LogP contribution in [0.1, 0.15) is 30.0 Å².